The summed E-state index contributed by atoms with van der Waals surface area (Å²) in [6, 6.07) is -0.926. The molecular weight excluding hydrogens is 871 g/mol. The largest absolute Gasteiger partial charge is 0.394 e. The van der Waals surface area contributed by atoms with Crippen LogP contribution in [0.1, 0.15) is 155 Å². The molecule has 12 atom stereocenters. The second-order valence-corrected chi connectivity index (χ2v) is 17.9. The summed E-state index contributed by atoms with van der Waals surface area (Å²) in [7, 11) is 0. The van der Waals surface area contributed by atoms with E-state index in [1.54, 1.807) is 6.08 Å². The van der Waals surface area contributed by atoms with Crippen LogP contribution < -0.4 is 5.32 Å². The van der Waals surface area contributed by atoms with E-state index in [-0.39, 0.29) is 18.9 Å². The topological polar surface area (TPSA) is 228 Å². The van der Waals surface area contributed by atoms with Crippen molar-refractivity contribution in [2.75, 3.05) is 19.8 Å². The van der Waals surface area contributed by atoms with Crippen molar-refractivity contribution in [2.45, 2.75) is 229 Å². The Balaban J connectivity index is 1.77. The van der Waals surface area contributed by atoms with Crippen LogP contribution in [-0.4, -0.2) is 140 Å². The molecule has 2 heterocycles. The third-order valence-corrected chi connectivity index (χ3v) is 12.1. The molecule has 2 rings (SSSR count). The molecule has 0 radical (unpaired) electrons. The fourth-order valence-corrected chi connectivity index (χ4v) is 7.88. The van der Waals surface area contributed by atoms with E-state index in [9.17, 15) is 45.6 Å². The summed E-state index contributed by atoms with van der Waals surface area (Å²) in [5, 5.41) is 86.6. The van der Waals surface area contributed by atoms with Gasteiger partial charge in [0.15, 0.2) is 12.6 Å². The first kappa shape index (κ1) is 61.3. The van der Waals surface area contributed by atoms with Crippen molar-refractivity contribution in [1.29, 1.82) is 0 Å². The van der Waals surface area contributed by atoms with E-state index in [0.717, 1.165) is 103 Å². The Kier molecular flexibility index (Phi) is 35.9. The van der Waals surface area contributed by atoms with E-state index < -0.39 is 86.8 Å². The third kappa shape index (κ3) is 26.4. The van der Waals surface area contributed by atoms with Crippen LogP contribution in [0.15, 0.2) is 85.1 Å². The number of carbonyl (C=O) groups excluding carboxylic acids is 1. The maximum absolute atomic E-state index is 13.1. The predicted octanol–water partition coefficient (Wildman–Crippen LogP) is 6.99. The lowest BCUT2D eigenvalue weighted by Gasteiger charge is -2.46. The SMILES string of the molecule is CC/C=C\C/C=C\C/C=C\C/C=C\C/C=C\C/C=C\CCCCCCCCC(=O)NC(COC1OC(CO)C(OC2OC(CO)C(O)C(O)C2O)C(O)C1O)C(O)/C=C/CCCCCCCCC. The van der Waals surface area contributed by atoms with Crippen molar-refractivity contribution >= 4 is 5.91 Å². The summed E-state index contributed by atoms with van der Waals surface area (Å²) in [4.78, 5) is 13.1. The predicted molar refractivity (Wildman–Crippen MR) is 267 cm³/mol. The lowest BCUT2D eigenvalue weighted by molar-refractivity contribution is -0.359. The molecule has 0 aliphatic carbocycles. The fourth-order valence-electron chi connectivity index (χ4n) is 7.88. The van der Waals surface area contributed by atoms with Crippen LogP contribution in [0.5, 0.6) is 0 Å². The van der Waals surface area contributed by atoms with Crippen molar-refractivity contribution in [3.8, 4) is 0 Å². The number of amides is 1. The van der Waals surface area contributed by atoms with Gasteiger partial charge in [0, 0.05) is 6.42 Å². The molecule has 0 aromatic carbocycles. The highest BCUT2D eigenvalue weighted by Crippen LogP contribution is 2.30. The maximum atomic E-state index is 13.1. The Morgan fingerprint density at radius 3 is 1.56 bits per heavy atom. The summed E-state index contributed by atoms with van der Waals surface area (Å²) in [6.45, 7) is 2.60. The van der Waals surface area contributed by atoms with Crippen LogP contribution in [0.4, 0.5) is 0 Å². The molecule has 12 unspecified atom stereocenters. The number of aliphatic hydroxyl groups excluding tert-OH is 8. The molecule has 2 fully saturated rings. The lowest BCUT2D eigenvalue weighted by atomic mass is 9.97. The monoisotopic (exact) mass is 962 g/mol. The van der Waals surface area contributed by atoms with Gasteiger partial charge in [-0.1, -0.05) is 163 Å². The normalized spacial score (nSPS) is 27.1. The zero-order valence-corrected chi connectivity index (χ0v) is 41.3. The molecule has 0 saturated carbocycles. The van der Waals surface area contributed by atoms with Crippen LogP contribution >= 0.6 is 0 Å². The Hall–Kier alpha value is -2.83. The van der Waals surface area contributed by atoms with Crippen LogP contribution in [0.25, 0.3) is 0 Å². The third-order valence-electron chi connectivity index (χ3n) is 12.1. The minimum Gasteiger partial charge on any atom is -0.394 e. The number of hydrogen-bond donors (Lipinski definition) is 9. The molecule has 9 N–H and O–H groups in total. The van der Waals surface area contributed by atoms with Gasteiger partial charge in [0.25, 0.3) is 0 Å². The molecular formula is C54H91NO13. The van der Waals surface area contributed by atoms with Crippen LogP contribution in [-0.2, 0) is 23.7 Å². The molecule has 2 saturated heterocycles. The molecule has 2 aliphatic heterocycles. The quantitative estimate of drug-likeness (QED) is 0.0225. The molecule has 0 spiro atoms. The van der Waals surface area contributed by atoms with Crippen molar-refractivity contribution in [2.24, 2.45) is 0 Å². The summed E-state index contributed by atoms with van der Waals surface area (Å²) in [5.41, 5.74) is 0. The van der Waals surface area contributed by atoms with Crippen LogP contribution in [0.3, 0.4) is 0 Å². The highest BCUT2D eigenvalue weighted by molar-refractivity contribution is 5.76. The average Bonchev–Trinajstić information content (AvgIpc) is 3.34. The highest BCUT2D eigenvalue weighted by Gasteiger charge is 2.51. The molecule has 14 heteroatoms. The second kappa shape index (κ2) is 39.8. The molecule has 1 amide bonds. The van der Waals surface area contributed by atoms with E-state index in [2.05, 4.69) is 92.1 Å². The first-order chi connectivity index (χ1) is 33.1. The number of hydrogen-bond acceptors (Lipinski definition) is 13. The van der Waals surface area contributed by atoms with Gasteiger partial charge >= 0.3 is 0 Å². The van der Waals surface area contributed by atoms with Gasteiger partial charge in [0.1, 0.15) is 48.8 Å². The zero-order chi connectivity index (χ0) is 49.6. The zero-order valence-electron chi connectivity index (χ0n) is 41.3. The minimum absolute atomic E-state index is 0.258. The van der Waals surface area contributed by atoms with E-state index in [1.807, 2.05) is 6.08 Å². The smallest absolute Gasteiger partial charge is 0.220 e. The number of rotatable bonds is 38. The van der Waals surface area contributed by atoms with Gasteiger partial charge < -0.3 is 65.1 Å². The summed E-state index contributed by atoms with van der Waals surface area (Å²) < 4.78 is 22.6. The number of unbranched alkanes of at least 4 members (excludes halogenated alkanes) is 13. The number of allylic oxidation sites excluding steroid dienone is 13. The summed E-state index contributed by atoms with van der Waals surface area (Å²) in [6.07, 6.45) is 34.9. The molecule has 2 aliphatic rings. The van der Waals surface area contributed by atoms with Gasteiger partial charge in [-0.05, 0) is 70.6 Å². The first-order valence-electron chi connectivity index (χ1n) is 25.8. The van der Waals surface area contributed by atoms with Crippen molar-refractivity contribution in [3.05, 3.63) is 85.1 Å². The van der Waals surface area contributed by atoms with Crippen molar-refractivity contribution in [1.82, 2.24) is 5.32 Å². The molecule has 0 bridgehead atoms. The summed E-state index contributed by atoms with van der Waals surface area (Å²) >= 11 is 0. The minimum atomic E-state index is -1.79. The Morgan fingerprint density at radius 1 is 0.544 bits per heavy atom. The van der Waals surface area contributed by atoms with Gasteiger partial charge in [-0.3, -0.25) is 4.79 Å². The summed E-state index contributed by atoms with van der Waals surface area (Å²) in [5.74, 6) is -0.262. The molecule has 0 aromatic heterocycles. The maximum Gasteiger partial charge on any atom is 0.220 e. The van der Waals surface area contributed by atoms with E-state index in [1.165, 1.54) is 25.7 Å². The Morgan fingerprint density at radius 2 is 1.01 bits per heavy atom. The van der Waals surface area contributed by atoms with Gasteiger partial charge in [0.05, 0.1) is 32.0 Å². The van der Waals surface area contributed by atoms with Gasteiger partial charge in [0.2, 0.25) is 5.91 Å². The van der Waals surface area contributed by atoms with Crippen LogP contribution in [0, 0.1) is 0 Å². The van der Waals surface area contributed by atoms with Gasteiger partial charge in [-0.25, -0.2) is 0 Å². The number of carbonyl (C=O) groups is 1. The number of aliphatic hydroxyl groups is 8. The van der Waals surface area contributed by atoms with Gasteiger partial charge in [-0.15, -0.1) is 0 Å². The number of ether oxygens (including phenoxy) is 4. The van der Waals surface area contributed by atoms with Gasteiger partial charge in [-0.2, -0.15) is 0 Å². The van der Waals surface area contributed by atoms with E-state index >= 15 is 0 Å². The lowest BCUT2D eigenvalue weighted by Crippen LogP contribution is -2.65. The van der Waals surface area contributed by atoms with Crippen molar-refractivity contribution in [3.63, 3.8) is 0 Å². The Bertz CT molecular complexity index is 1460. The van der Waals surface area contributed by atoms with E-state index in [4.69, 9.17) is 18.9 Å². The van der Waals surface area contributed by atoms with Crippen molar-refractivity contribution < 1.29 is 64.6 Å². The standard InChI is InChI=1S/C54H91NO13/c1-3-5-7-9-11-13-14-15-16-17-18-19-20-21-22-23-24-25-26-27-28-30-32-34-36-38-46(59)55-42(43(58)37-35-33-31-29-12-10-8-6-4-2)41-65-53-51(64)49(62)52(45(40-57)67-53)68-54-50(63)48(61)47(60)44(39-56)66-54/h5,7,11,13,15-16,18-19,21-22,24-25,35,37,42-45,47-54,56-58,60-64H,3-4,6,8-10,12,14,17,20,23,26-34,36,38-41H2,1-2H3,(H,55,59)/b7-5-,13-11-,16-15-,19-18-,22-21-,25-24-,37-35+. The fraction of sp³-hybridized carbons (Fsp3) is 0.722. The first-order valence-corrected chi connectivity index (χ1v) is 25.8. The highest BCUT2D eigenvalue weighted by atomic mass is 16.7. The number of nitrogens with one attached hydrogen (secondary N) is 1. The van der Waals surface area contributed by atoms with E-state index in [0.29, 0.717) is 6.42 Å². The molecule has 0 aromatic rings. The van der Waals surface area contributed by atoms with Crippen LogP contribution in [0.2, 0.25) is 0 Å². The second-order valence-electron chi connectivity index (χ2n) is 17.9. The molecule has 68 heavy (non-hydrogen) atoms. The Labute approximate surface area is 408 Å². The molecule has 14 nitrogen and oxygen atoms in total. The average molecular weight is 962 g/mol. The molecule has 390 valence electrons.